The average molecular weight is 813 g/mol. The Morgan fingerprint density at radius 1 is 1.00 bits per heavy atom. The van der Waals surface area contributed by atoms with Crippen molar-refractivity contribution in [2.75, 3.05) is 33.5 Å². The van der Waals surface area contributed by atoms with Crippen LogP contribution in [0.2, 0.25) is 0 Å². The van der Waals surface area contributed by atoms with E-state index in [-0.39, 0.29) is 75.0 Å². The number of aliphatic hydroxyl groups excluding tert-OH is 2. The molecule has 3 aromatic carbocycles. The number of hydrogen-bond donors (Lipinski definition) is 2. The normalized spacial score (nSPS) is 23.9. The molecule has 3 aliphatic rings. The van der Waals surface area contributed by atoms with Gasteiger partial charge in [-0.15, -0.1) is 6.58 Å². The molecule has 0 saturated heterocycles. The number of hydrogen-bond acceptors (Lipinski definition) is 9. The number of ether oxygens (including phenoxy) is 4. The number of fused-ring (bicyclic) bond motifs is 2. The number of benzene rings is 3. The van der Waals surface area contributed by atoms with E-state index in [9.17, 15) is 19.4 Å². The SMILES string of the molecule is C=CCO[C@@]12Oc3ccc(OCc4ccccc4F)cc3[C@H]3[C@H](CCCCO)[C@@H](CCCCO)C=C(C(=NOCc4ccccc4)C[C@@H]1N(C)C(=O)OCC(C)(C)C)[C@H]32. The molecule has 0 unspecified atom stereocenters. The molecule has 1 heterocycles. The lowest BCUT2D eigenvalue weighted by Gasteiger charge is -2.59. The summed E-state index contributed by atoms with van der Waals surface area (Å²) in [7, 11) is 1.72. The highest BCUT2D eigenvalue weighted by molar-refractivity contribution is 6.02. The first kappa shape index (κ1) is 43.9. The molecule has 3 aromatic rings. The Labute approximate surface area is 348 Å². The number of amides is 1. The summed E-state index contributed by atoms with van der Waals surface area (Å²) in [5, 5.41) is 24.6. The average Bonchev–Trinajstić information content (AvgIpc) is 3.23. The fourth-order valence-electron chi connectivity index (χ4n) is 8.86. The number of halogens is 1. The van der Waals surface area contributed by atoms with Crippen molar-refractivity contribution in [3.8, 4) is 11.5 Å². The van der Waals surface area contributed by atoms with Crippen LogP contribution in [-0.2, 0) is 27.5 Å². The fraction of sp³-hybridized carbons (Fsp3) is 0.500. The number of carbonyl (C=O) groups excluding carboxylic acids is 1. The summed E-state index contributed by atoms with van der Waals surface area (Å²) in [4.78, 5) is 21.8. The van der Waals surface area contributed by atoms with Gasteiger partial charge in [-0.25, -0.2) is 9.18 Å². The molecular weight excluding hydrogens is 752 g/mol. The maximum atomic E-state index is 14.7. The van der Waals surface area contributed by atoms with Gasteiger partial charge >= 0.3 is 6.09 Å². The molecule has 6 atom stereocenters. The first-order chi connectivity index (χ1) is 28.5. The topological polar surface area (TPSA) is 119 Å². The Morgan fingerprint density at radius 3 is 2.44 bits per heavy atom. The number of likely N-dealkylation sites (N-methyl/N-ethyl adjacent to an activating group) is 1. The molecule has 11 heteroatoms. The predicted octanol–water partition coefficient (Wildman–Crippen LogP) is 9.35. The van der Waals surface area contributed by atoms with Gasteiger partial charge in [-0.1, -0.05) is 99.5 Å². The maximum Gasteiger partial charge on any atom is 0.410 e. The largest absolute Gasteiger partial charge is 0.489 e. The van der Waals surface area contributed by atoms with E-state index in [4.69, 9.17) is 28.9 Å². The summed E-state index contributed by atoms with van der Waals surface area (Å²) in [6.07, 6.45) is 8.25. The van der Waals surface area contributed by atoms with Crippen LogP contribution in [0.25, 0.3) is 0 Å². The van der Waals surface area contributed by atoms with E-state index < -0.39 is 23.8 Å². The second-order valence-electron chi connectivity index (χ2n) is 17.1. The van der Waals surface area contributed by atoms with Crippen LogP contribution in [0.5, 0.6) is 11.5 Å². The Kier molecular flexibility index (Phi) is 14.9. The van der Waals surface area contributed by atoms with Gasteiger partial charge in [0.25, 0.3) is 0 Å². The highest BCUT2D eigenvalue weighted by Gasteiger charge is 2.65. The number of nitrogens with zero attached hydrogens (tertiary/aromatic N) is 2. The summed E-state index contributed by atoms with van der Waals surface area (Å²) in [6, 6.07) is 21.4. The lowest BCUT2D eigenvalue weighted by molar-refractivity contribution is -0.253. The Morgan fingerprint density at radius 2 is 1.73 bits per heavy atom. The number of unbranched alkanes of at least 4 members (excludes halogenated alkanes) is 2. The highest BCUT2D eigenvalue weighted by Crippen LogP contribution is 2.62. The summed E-state index contributed by atoms with van der Waals surface area (Å²) >= 11 is 0. The molecular formula is C48H61FN2O8. The van der Waals surface area contributed by atoms with E-state index in [1.165, 1.54) is 6.07 Å². The van der Waals surface area contributed by atoms with Gasteiger partial charge in [-0.3, -0.25) is 0 Å². The van der Waals surface area contributed by atoms with E-state index >= 15 is 0 Å². The van der Waals surface area contributed by atoms with Crippen molar-refractivity contribution >= 4 is 11.8 Å². The molecule has 10 nitrogen and oxygen atoms in total. The van der Waals surface area contributed by atoms with E-state index in [1.807, 2.05) is 69.3 Å². The minimum absolute atomic E-state index is 0.0357. The lowest BCUT2D eigenvalue weighted by Crippen LogP contribution is -2.69. The number of rotatable bonds is 19. The van der Waals surface area contributed by atoms with Gasteiger partial charge in [0.15, 0.2) is 0 Å². The summed E-state index contributed by atoms with van der Waals surface area (Å²) < 4.78 is 41.1. The maximum absolute atomic E-state index is 14.7. The molecule has 2 N–H and O–H groups in total. The first-order valence-corrected chi connectivity index (χ1v) is 21.0. The summed E-state index contributed by atoms with van der Waals surface area (Å²) in [5.74, 6) is -1.21. The monoisotopic (exact) mass is 812 g/mol. The summed E-state index contributed by atoms with van der Waals surface area (Å²) in [5.41, 5.74) is 3.68. The molecule has 0 aromatic heterocycles. The smallest absolute Gasteiger partial charge is 0.410 e. The van der Waals surface area contributed by atoms with Crippen LogP contribution in [-0.4, -0.2) is 72.2 Å². The van der Waals surface area contributed by atoms with Gasteiger partial charge < -0.3 is 38.9 Å². The van der Waals surface area contributed by atoms with E-state index in [1.54, 1.807) is 36.2 Å². The van der Waals surface area contributed by atoms with Crippen LogP contribution in [0.15, 0.2) is 102 Å². The molecule has 0 bridgehead atoms. The standard InChI is InChI=1S/C48H61FN2O8/c1-6-26-57-48-43(51(5)46(54)56-32-47(2,3)4)29-41(50-58-30-33-16-8-7-9-17-33)38-27-34(18-12-14-24-52)37(20-13-15-25-53)44(45(38)48)39-28-36(22-23-42(39)59-48)55-31-35-19-10-11-21-40(35)49/h6-11,16-17,19,21-23,27-28,34,37,43-45,52-53H,1,12-15,18,20,24-26,29-32H2,2-5H3/t34-,37+,43-,44+,45+,48+/m0/s1. The zero-order chi connectivity index (χ0) is 42.0. The third-order valence-corrected chi connectivity index (χ3v) is 11.6. The van der Waals surface area contributed by atoms with Gasteiger partial charge in [0.05, 0.1) is 24.8 Å². The molecule has 0 radical (unpaired) electrons. The Balaban J connectivity index is 1.52. The zero-order valence-electron chi connectivity index (χ0n) is 35.0. The van der Waals surface area contributed by atoms with Crippen molar-refractivity contribution in [3.05, 3.63) is 120 Å². The van der Waals surface area contributed by atoms with E-state index in [0.29, 0.717) is 35.6 Å². The van der Waals surface area contributed by atoms with Crippen LogP contribution < -0.4 is 9.47 Å². The predicted molar refractivity (Wildman–Crippen MR) is 225 cm³/mol. The number of oxime groups is 1. The second-order valence-corrected chi connectivity index (χ2v) is 17.1. The molecule has 59 heavy (non-hydrogen) atoms. The molecule has 318 valence electrons. The molecule has 1 fully saturated rings. The minimum atomic E-state index is -1.41. The highest BCUT2D eigenvalue weighted by atomic mass is 19.1. The van der Waals surface area contributed by atoms with Gasteiger partial charge in [0.2, 0.25) is 5.79 Å². The lowest BCUT2D eigenvalue weighted by atomic mass is 9.55. The molecule has 1 saturated carbocycles. The van der Waals surface area contributed by atoms with E-state index in [0.717, 1.165) is 42.4 Å². The zero-order valence-corrected chi connectivity index (χ0v) is 35.0. The first-order valence-electron chi connectivity index (χ1n) is 21.0. The van der Waals surface area contributed by atoms with Crippen molar-refractivity contribution in [2.24, 2.45) is 28.3 Å². The number of carbonyl (C=O) groups is 1. The van der Waals surface area contributed by atoms with Crippen LogP contribution >= 0.6 is 0 Å². The van der Waals surface area contributed by atoms with Crippen LogP contribution in [0.3, 0.4) is 0 Å². The second kappa shape index (κ2) is 20.0. The van der Waals surface area contributed by atoms with Crippen molar-refractivity contribution in [1.29, 1.82) is 0 Å². The number of aliphatic hydroxyl groups is 2. The van der Waals surface area contributed by atoms with Crippen molar-refractivity contribution in [1.82, 2.24) is 4.90 Å². The van der Waals surface area contributed by atoms with Crippen LogP contribution in [0.4, 0.5) is 9.18 Å². The molecule has 1 amide bonds. The van der Waals surface area contributed by atoms with Crippen molar-refractivity contribution in [2.45, 2.75) is 96.7 Å². The minimum Gasteiger partial charge on any atom is -0.489 e. The fourth-order valence-corrected chi connectivity index (χ4v) is 8.86. The van der Waals surface area contributed by atoms with Gasteiger partial charge in [-0.05, 0) is 78.3 Å². The molecule has 6 rings (SSSR count). The molecule has 2 aliphatic carbocycles. The number of allylic oxidation sites excluding steroid dienone is 1. The van der Waals surface area contributed by atoms with Gasteiger partial charge in [-0.2, -0.15) is 0 Å². The van der Waals surface area contributed by atoms with Crippen LogP contribution in [0, 0.1) is 29.0 Å². The molecule has 0 spiro atoms. The summed E-state index contributed by atoms with van der Waals surface area (Å²) in [6.45, 7) is 10.9. The van der Waals surface area contributed by atoms with E-state index in [2.05, 4.69) is 12.7 Å². The third-order valence-electron chi connectivity index (χ3n) is 11.6. The Bertz CT molecular complexity index is 1930. The van der Waals surface area contributed by atoms with Crippen molar-refractivity contribution in [3.63, 3.8) is 0 Å². The Hall–Kier alpha value is -4.71. The van der Waals surface area contributed by atoms with Gasteiger partial charge in [0, 0.05) is 43.7 Å². The van der Waals surface area contributed by atoms with Gasteiger partial charge in [0.1, 0.15) is 36.6 Å². The quantitative estimate of drug-likeness (QED) is 0.0699. The molecule has 1 aliphatic heterocycles. The van der Waals surface area contributed by atoms with Crippen LogP contribution in [0.1, 0.15) is 88.3 Å². The van der Waals surface area contributed by atoms with Crippen molar-refractivity contribution < 1.29 is 43.2 Å². The third kappa shape index (κ3) is 10.4.